The molecule has 1 aromatic heterocycles. The highest BCUT2D eigenvalue weighted by Gasteiger charge is 2.17. The van der Waals surface area contributed by atoms with Gasteiger partial charge in [-0.05, 0) is 54.9 Å². The van der Waals surface area contributed by atoms with Gasteiger partial charge in [0.2, 0.25) is 0 Å². The van der Waals surface area contributed by atoms with Crippen molar-refractivity contribution < 1.29 is 4.79 Å². The van der Waals surface area contributed by atoms with E-state index < -0.39 is 0 Å². The van der Waals surface area contributed by atoms with Crippen molar-refractivity contribution in [1.29, 1.82) is 0 Å². The van der Waals surface area contributed by atoms with Crippen molar-refractivity contribution in [2.75, 3.05) is 0 Å². The van der Waals surface area contributed by atoms with Gasteiger partial charge < -0.3 is 5.32 Å². The van der Waals surface area contributed by atoms with E-state index in [1.807, 2.05) is 37.3 Å². The Bertz CT molecular complexity index is 932. The summed E-state index contributed by atoms with van der Waals surface area (Å²) in [5, 5.41) is 11.1. The van der Waals surface area contributed by atoms with Crippen LogP contribution in [0.25, 0.3) is 0 Å². The number of fused-ring (bicyclic) bond motifs is 1. The third-order valence-corrected chi connectivity index (χ3v) is 5.18. The Labute approximate surface area is 159 Å². The predicted molar refractivity (Wildman–Crippen MR) is 105 cm³/mol. The molecule has 4 rings (SSSR count). The van der Waals surface area contributed by atoms with Crippen molar-refractivity contribution in [3.63, 3.8) is 0 Å². The Kier molecular flexibility index (Phi) is 5.01. The predicted octanol–water partition coefficient (Wildman–Crippen LogP) is 3.70. The summed E-state index contributed by atoms with van der Waals surface area (Å²) in [5.41, 5.74) is 5.48. The average Bonchev–Trinajstić information content (AvgIpc) is 3.17. The van der Waals surface area contributed by atoms with Crippen LogP contribution in [0.1, 0.15) is 58.5 Å². The summed E-state index contributed by atoms with van der Waals surface area (Å²) in [5.74, 6) is -0.195. The van der Waals surface area contributed by atoms with E-state index in [0.29, 0.717) is 12.2 Å². The summed E-state index contributed by atoms with van der Waals surface area (Å²) in [4.78, 5) is 12.6. The summed E-state index contributed by atoms with van der Waals surface area (Å²) in [6.45, 7) is 2.61. The fourth-order valence-corrected chi connectivity index (χ4v) is 3.63. The van der Waals surface area contributed by atoms with Crippen LogP contribution in [-0.4, -0.2) is 20.9 Å². The van der Waals surface area contributed by atoms with Crippen LogP contribution >= 0.6 is 0 Å². The Balaban J connectivity index is 1.41. The molecule has 3 aromatic rings. The van der Waals surface area contributed by atoms with Crippen LogP contribution in [0.15, 0.2) is 54.7 Å². The third kappa shape index (κ3) is 4.08. The van der Waals surface area contributed by atoms with Gasteiger partial charge in [0, 0.05) is 0 Å². The number of aromatic nitrogens is 3. The number of benzene rings is 2. The number of aryl methyl sites for hydroxylation is 2. The van der Waals surface area contributed by atoms with Gasteiger partial charge in [0.15, 0.2) is 5.69 Å². The zero-order valence-electron chi connectivity index (χ0n) is 15.6. The van der Waals surface area contributed by atoms with Gasteiger partial charge in [-0.2, -0.15) is 0 Å². The van der Waals surface area contributed by atoms with E-state index in [-0.39, 0.29) is 11.9 Å². The van der Waals surface area contributed by atoms with E-state index >= 15 is 0 Å². The van der Waals surface area contributed by atoms with Gasteiger partial charge in [-0.25, -0.2) is 4.68 Å². The van der Waals surface area contributed by atoms with Crippen LogP contribution in [0.5, 0.6) is 0 Å². The van der Waals surface area contributed by atoms with E-state index in [1.54, 1.807) is 10.9 Å². The van der Waals surface area contributed by atoms with Gasteiger partial charge in [0.25, 0.3) is 5.91 Å². The summed E-state index contributed by atoms with van der Waals surface area (Å²) < 4.78 is 1.69. The minimum Gasteiger partial charge on any atom is -0.344 e. The van der Waals surface area contributed by atoms with E-state index in [9.17, 15) is 4.79 Å². The van der Waals surface area contributed by atoms with Crippen LogP contribution in [0.4, 0.5) is 0 Å². The number of hydrogen-bond acceptors (Lipinski definition) is 3. The first-order valence-corrected chi connectivity index (χ1v) is 9.55. The number of hydrogen-bond donors (Lipinski definition) is 1. The zero-order valence-corrected chi connectivity index (χ0v) is 15.6. The van der Waals surface area contributed by atoms with Crippen LogP contribution in [0.3, 0.4) is 0 Å². The van der Waals surface area contributed by atoms with Gasteiger partial charge >= 0.3 is 0 Å². The second-order valence-corrected chi connectivity index (χ2v) is 7.22. The molecule has 138 valence electrons. The minimum absolute atomic E-state index is 0.0657. The number of amides is 1. The zero-order chi connectivity index (χ0) is 18.6. The standard InChI is InChI=1S/C22H24N4O/c1-16(19-12-11-18-9-5-6-10-20(18)13-19)23-22(27)21-15-26(25-24-21)14-17-7-3-2-4-8-17/h2-4,7-8,11-13,15-16H,5-6,9-10,14H2,1H3,(H,23,27). The van der Waals surface area contributed by atoms with Crippen molar-refractivity contribution in [3.05, 3.63) is 82.7 Å². The summed E-state index contributed by atoms with van der Waals surface area (Å²) in [6, 6.07) is 16.5. The largest absolute Gasteiger partial charge is 0.344 e. The second-order valence-electron chi connectivity index (χ2n) is 7.22. The lowest BCUT2D eigenvalue weighted by Crippen LogP contribution is -2.27. The number of carbonyl (C=O) groups excluding carboxylic acids is 1. The molecule has 1 atom stereocenters. The molecule has 27 heavy (non-hydrogen) atoms. The Hall–Kier alpha value is -2.95. The molecule has 2 aromatic carbocycles. The van der Waals surface area contributed by atoms with Crippen LogP contribution in [0, 0.1) is 0 Å². The minimum atomic E-state index is -0.195. The molecular weight excluding hydrogens is 336 g/mol. The molecule has 5 heteroatoms. The molecule has 1 aliphatic carbocycles. The lowest BCUT2D eigenvalue weighted by Gasteiger charge is -2.19. The maximum absolute atomic E-state index is 12.6. The first-order valence-electron chi connectivity index (χ1n) is 9.55. The monoisotopic (exact) mass is 360 g/mol. The van der Waals surface area contributed by atoms with E-state index in [0.717, 1.165) is 17.5 Å². The smallest absolute Gasteiger partial charge is 0.273 e. The number of nitrogens with one attached hydrogen (secondary N) is 1. The normalized spacial score (nSPS) is 14.4. The maximum atomic E-state index is 12.6. The fraction of sp³-hybridized carbons (Fsp3) is 0.318. The Morgan fingerprint density at radius 3 is 2.70 bits per heavy atom. The molecule has 1 amide bonds. The molecule has 1 unspecified atom stereocenters. The number of rotatable bonds is 5. The van der Waals surface area contributed by atoms with Gasteiger partial charge in [0.1, 0.15) is 0 Å². The van der Waals surface area contributed by atoms with Crippen LogP contribution in [0.2, 0.25) is 0 Å². The molecule has 0 aliphatic heterocycles. The summed E-state index contributed by atoms with van der Waals surface area (Å²) in [7, 11) is 0. The first-order chi connectivity index (χ1) is 13.2. The molecule has 1 heterocycles. The molecule has 0 saturated carbocycles. The van der Waals surface area contributed by atoms with Gasteiger partial charge in [-0.3, -0.25) is 4.79 Å². The number of carbonyl (C=O) groups is 1. The van der Waals surface area contributed by atoms with E-state index in [1.165, 1.54) is 30.4 Å². The van der Waals surface area contributed by atoms with Crippen molar-refractivity contribution in [2.45, 2.75) is 45.2 Å². The highest BCUT2D eigenvalue weighted by molar-refractivity contribution is 5.92. The van der Waals surface area contributed by atoms with E-state index in [2.05, 4.69) is 33.8 Å². The van der Waals surface area contributed by atoms with Crippen molar-refractivity contribution in [2.24, 2.45) is 0 Å². The van der Waals surface area contributed by atoms with Crippen molar-refractivity contribution in [3.8, 4) is 0 Å². The molecule has 0 spiro atoms. The second kappa shape index (κ2) is 7.74. The molecular formula is C22H24N4O. The SMILES string of the molecule is CC(NC(=O)c1cn(Cc2ccccc2)nn1)c1ccc2c(c1)CCCC2. The van der Waals surface area contributed by atoms with Gasteiger partial charge in [0.05, 0.1) is 18.8 Å². The van der Waals surface area contributed by atoms with Gasteiger partial charge in [-0.1, -0.05) is 53.7 Å². The van der Waals surface area contributed by atoms with Crippen LogP contribution < -0.4 is 5.32 Å². The topological polar surface area (TPSA) is 59.8 Å². The Morgan fingerprint density at radius 2 is 1.89 bits per heavy atom. The highest BCUT2D eigenvalue weighted by Crippen LogP contribution is 2.24. The van der Waals surface area contributed by atoms with E-state index in [4.69, 9.17) is 0 Å². The molecule has 1 aliphatic rings. The molecule has 0 fully saturated rings. The molecule has 0 bridgehead atoms. The quantitative estimate of drug-likeness (QED) is 0.755. The highest BCUT2D eigenvalue weighted by atomic mass is 16.2. The van der Waals surface area contributed by atoms with Crippen molar-refractivity contribution >= 4 is 5.91 Å². The average molecular weight is 360 g/mol. The van der Waals surface area contributed by atoms with Gasteiger partial charge in [-0.15, -0.1) is 5.10 Å². The molecule has 1 N–H and O–H groups in total. The molecule has 5 nitrogen and oxygen atoms in total. The fourth-order valence-electron chi connectivity index (χ4n) is 3.63. The summed E-state index contributed by atoms with van der Waals surface area (Å²) in [6.07, 6.45) is 6.53. The third-order valence-electron chi connectivity index (χ3n) is 5.18. The molecule has 0 radical (unpaired) electrons. The Morgan fingerprint density at radius 1 is 1.11 bits per heavy atom. The first kappa shape index (κ1) is 17.5. The summed E-state index contributed by atoms with van der Waals surface area (Å²) >= 11 is 0. The lowest BCUT2D eigenvalue weighted by molar-refractivity contribution is 0.0934. The van der Waals surface area contributed by atoms with Crippen LogP contribution in [-0.2, 0) is 19.4 Å². The molecule has 0 saturated heterocycles. The lowest BCUT2D eigenvalue weighted by atomic mass is 9.89. The maximum Gasteiger partial charge on any atom is 0.273 e. The van der Waals surface area contributed by atoms with Crippen molar-refractivity contribution in [1.82, 2.24) is 20.3 Å². The number of nitrogens with zero attached hydrogens (tertiary/aromatic N) is 3.